The first kappa shape index (κ1) is 27.5. The summed E-state index contributed by atoms with van der Waals surface area (Å²) in [4.78, 5) is 43.9. The van der Waals surface area contributed by atoms with Gasteiger partial charge in [-0.15, -0.1) is 0 Å². The molecule has 1 aliphatic heterocycles. The molecule has 8 heteroatoms. The Balaban J connectivity index is 1.60. The SMILES string of the molecule is CC(c1ccc(C(=O)NCCC(=O)O)cc1)N1C(=O)C(c2ccc(F)cc2)=NC12CCC(C(C)(C)C)CC2. The molecule has 2 aromatic rings. The van der Waals surface area contributed by atoms with E-state index < -0.39 is 11.6 Å². The van der Waals surface area contributed by atoms with E-state index in [-0.39, 0.29) is 42.1 Å². The third-order valence-corrected chi connectivity index (χ3v) is 7.99. The lowest BCUT2D eigenvalue weighted by Gasteiger charge is -2.46. The van der Waals surface area contributed by atoms with E-state index >= 15 is 0 Å². The second-order valence-electron chi connectivity index (χ2n) is 11.5. The van der Waals surface area contributed by atoms with Gasteiger partial charge < -0.3 is 15.3 Å². The average molecular weight is 522 g/mol. The van der Waals surface area contributed by atoms with E-state index in [1.165, 1.54) is 12.1 Å². The van der Waals surface area contributed by atoms with E-state index in [0.717, 1.165) is 31.2 Å². The van der Waals surface area contributed by atoms with E-state index in [0.29, 0.717) is 22.8 Å². The van der Waals surface area contributed by atoms with Gasteiger partial charge in [-0.3, -0.25) is 19.4 Å². The van der Waals surface area contributed by atoms with Crippen LogP contribution in [0.2, 0.25) is 0 Å². The molecule has 0 bridgehead atoms. The zero-order valence-corrected chi connectivity index (χ0v) is 22.5. The van der Waals surface area contributed by atoms with E-state index in [1.54, 1.807) is 24.3 Å². The summed E-state index contributed by atoms with van der Waals surface area (Å²) in [6.07, 6.45) is 3.26. The summed E-state index contributed by atoms with van der Waals surface area (Å²) in [6.45, 7) is 8.78. The smallest absolute Gasteiger partial charge is 0.305 e. The molecule has 0 aromatic heterocycles. The van der Waals surface area contributed by atoms with E-state index in [4.69, 9.17) is 10.1 Å². The summed E-state index contributed by atoms with van der Waals surface area (Å²) in [6, 6.07) is 12.6. The first-order valence-corrected chi connectivity index (χ1v) is 13.2. The van der Waals surface area contributed by atoms with Gasteiger partial charge in [0.25, 0.3) is 11.8 Å². The maximum absolute atomic E-state index is 13.9. The Kier molecular flexibility index (Phi) is 7.72. The standard InChI is InChI=1S/C30H36FN3O4/c1-19(20-5-7-22(8-6-20)27(37)32-18-15-25(35)36)34-28(38)26(21-9-11-24(31)12-10-21)33-30(34)16-13-23(14-17-30)29(2,3)4/h5-12,19,23H,13-18H2,1-4H3,(H,32,37)(H,35,36). The number of aliphatic imine (C=N–C) groups is 1. The largest absolute Gasteiger partial charge is 0.481 e. The fraction of sp³-hybridized carbons (Fsp3) is 0.467. The van der Waals surface area contributed by atoms with Crippen molar-refractivity contribution in [2.75, 3.05) is 6.54 Å². The van der Waals surface area contributed by atoms with Gasteiger partial charge in [0.2, 0.25) is 0 Å². The number of hydrogen-bond donors (Lipinski definition) is 2. The number of carboxylic acids is 1. The number of carbonyl (C=O) groups excluding carboxylic acids is 2. The summed E-state index contributed by atoms with van der Waals surface area (Å²) >= 11 is 0. The lowest BCUT2D eigenvalue weighted by Crippen LogP contribution is -2.50. The molecule has 2 aromatic carbocycles. The highest BCUT2D eigenvalue weighted by Gasteiger charge is 2.51. The number of rotatable bonds is 7. The van der Waals surface area contributed by atoms with Crippen LogP contribution >= 0.6 is 0 Å². The first-order valence-electron chi connectivity index (χ1n) is 13.2. The van der Waals surface area contributed by atoms with Crippen LogP contribution in [-0.2, 0) is 9.59 Å². The summed E-state index contributed by atoms with van der Waals surface area (Å²) in [5, 5.41) is 11.4. The topological polar surface area (TPSA) is 99.1 Å². The predicted molar refractivity (Wildman–Crippen MR) is 143 cm³/mol. The lowest BCUT2D eigenvalue weighted by molar-refractivity contribution is -0.137. The van der Waals surface area contributed by atoms with Crippen molar-refractivity contribution in [3.05, 3.63) is 71.0 Å². The van der Waals surface area contributed by atoms with Crippen molar-refractivity contribution in [2.24, 2.45) is 16.3 Å². The van der Waals surface area contributed by atoms with Crippen LogP contribution in [0.5, 0.6) is 0 Å². The zero-order valence-electron chi connectivity index (χ0n) is 22.5. The van der Waals surface area contributed by atoms with Gasteiger partial charge >= 0.3 is 5.97 Å². The van der Waals surface area contributed by atoms with Crippen molar-refractivity contribution in [1.82, 2.24) is 10.2 Å². The van der Waals surface area contributed by atoms with Crippen LogP contribution in [0.15, 0.2) is 53.5 Å². The third-order valence-electron chi connectivity index (χ3n) is 7.99. The van der Waals surface area contributed by atoms with Crippen molar-refractivity contribution in [2.45, 2.75) is 71.5 Å². The number of halogens is 1. The molecule has 1 spiro atoms. The molecular weight excluding hydrogens is 485 g/mol. The van der Waals surface area contributed by atoms with Crippen LogP contribution in [0.3, 0.4) is 0 Å². The summed E-state index contributed by atoms with van der Waals surface area (Å²) in [5.41, 5.74) is 1.76. The molecule has 2 N–H and O–H groups in total. The third kappa shape index (κ3) is 5.64. The number of carbonyl (C=O) groups is 3. The Morgan fingerprint density at radius 2 is 1.71 bits per heavy atom. The molecule has 4 rings (SSSR count). The van der Waals surface area contributed by atoms with Crippen LogP contribution < -0.4 is 5.32 Å². The number of benzene rings is 2. The van der Waals surface area contributed by atoms with Crippen molar-refractivity contribution in [1.29, 1.82) is 0 Å². The first-order chi connectivity index (χ1) is 17.9. The molecule has 2 aliphatic rings. The molecule has 7 nitrogen and oxygen atoms in total. The molecule has 2 amide bonds. The maximum atomic E-state index is 13.9. The minimum Gasteiger partial charge on any atom is -0.481 e. The Bertz CT molecular complexity index is 1220. The van der Waals surface area contributed by atoms with Gasteiger partial charge in [0.15, 0.2) is 0 Å². The number of carboxylic acid groups (broad SMARTS) is 1. The van der Waals surface area contributed by atoms with Crippen LogP contribution in [-0.4, -0.2) is 45.7 Å². The molecule has 1 atom stereocenters. The minimum atomic E-state index is -0.975. The molecule has 1 heterocycles. The fourth-order valence-electron chi connectivity index (χ4n) is 5.69. The predicted octanol–water partition coefficient (Wildman–Crippen LogP) is 5.36. The van der Waals surface area contributed by atoms with E-state index in [9.17, 15) is 18.8 Å². The Hall–Kier alpha value is -3.55. The maximum Gasteiger partial charge on any atom is 0.305 e. The lowest BCUT2D eigenvalue weighted by atomic mass is 9.69. The van der Waals surface area contributed by atoms with E-state index in [1.807, 2.05) is 24.0 Å². The van der Waals surface area contributed by atoms with Crippen molar-refractivity contribution in [3.8, 4) is 0 Å². The van der Waals surface area contributed by atoms with E-state index in [2.05, 4.69) is 26.1 Å². The summed E-state index contributed by atoms with van der Waals surface area (Å²) in [7, 11) is 0. The molecule has 0 radical (unpaired) electrons. The molecule has 38 heavy (non-hydrogen) atoms. The number of nitrogens with zero attached hydrogens (tertiary/aromatic N) is 2. The Morgan fingerprint density at radius 1 is 1.11 bits per heavy atom. The summed E-state index contributed by atoms with van der Waals surface area (Å²) < 4.78 is 13.6. The fourth-order valence-corrected chi connectivity index (χ4v) is 5.69. The molecule has 1 saturated carbocycles. The molecular formula is C30H36FN3O4. The Labute approximate surface area is 223 Å². The Morgan fingerprint density at radius 3 is 2.26 bits per heavy atom. The number of aliphatic carboxylic acids is 1. The van der Waals surface area contributed by atoms with Gasteiger partial charge in [0.1, 0.15) is 17.2 Å². The number of amides is 2. The van der Waals surface area contributed by atoms with Gasteiger partial charge in [-0.05, 0) is 85.9 Å². The highest BCUT2D eigenvalue weighted by molar-refractivity contribution is 6.46. The van der Waals surface area contributed by atoms with Gasteiger partial charge in [0.05, 0.1) is 12.5 Å². The minimum absolute atomic E-state index is 0.0518. The number of nitrogens with one attached hydrogen (secondary N) is 1. The van der Waals surface area contributed by atoms with Gasteiger partial charge in [-0.1, -0.05) is 32.9 Å². The van der Waals surface area contributed by atoms with Gasteiger partial charge in [-0.25, -0.2) is 4.39 Å². The van der Waals surface area contributed by atoms with Crippen molar-refractivity contribution >= 4 is 23.5 Å². The van der Waals surface area contributed by atoms with Crippen LogP contribution in [0.4, 0.5) is 4.39 Å². The zero-order chi connectivity index (χ0) is 27.7. The normalized spacial score (nSPS) is 22.3. The molecule has 1 fully saturated rings. The molecule has 1 aliphatic carbocycles. The van der Waals surface area contributed by atoms with Crippen LogP contribution in [0.25, 0.3) is 0 Å². The van der Waals surface area contributed by atoms with Crippen LogP contribution in [0.1, 0.15) is 87.3 Å². The highest BCUT2D eigenvalue weighted by atomic mass is 19.1. The second-order valence-corrected chi connectivity index (χ2v) is 11.5. The van der Waals surface area contributed by atoms with Crippen molar-refractivity contribution < 1.29 is 23.9 Å². The monoisotopic (exact) mass is 521 g/mol. The highest BCUT2D eigenvalue weighted by Crippen LogP contribution is 2.49. The average Bonchev–Trinajstić information content (AvgIpc) is 3.14. The second kappa shape index (κ2) is 10.7. The quantitative estimate of drug-likeness (QED) is 0.513. The molecule has 202 valence electrons. The summed E-state index contributed by atoms with van der Waals surface area (Å²) in [5.74, 6) is -1.32. The van der Waals surface area contributed by atoms with Crippen LogP contribution in [0, 0.1) is 17.2 Å². The molecule has 1 unspecified atom stereocenters. The molecule has 0 saturated heterocycles. The van der Waals surface area contributed by atoms with Crippen molar-refractivity contribution in [3.63, 3.8) is 0 Å². The van der Waals surface area contributed by atoms with Gasteiger partial charge in [0, 0.05) is 17.7 Å². The van der Waals surface area contributed by atoms with Gasteiger partial charge in [-0.2, -0.15) is 0 Å². The number of hydrogen-bond acceptors (Lipinski definition) is 4.